The highest BCUT2D eigenvalue weighted by atomic mass is 16.6. The molecule has 0 spiro atoms. The summed E-state index contributed by atoms with van der Waals surface area (Å²) < 4.78 is 11.1. The van der Waals surface area contributed by atoms with Crippen molar-refractivity contribution in [3.8, 4) is 0 Å². The normalized spacial score (nSPS) is 47.5. The summed E-state index contributed by atoms with van der Waals surface area (Å²) in [6.07, 6.45) is 1.76. The summed E-state index contributed by atoms with van der Waals surface area (Å²) in [5.41, 5.74) is 0. The SMILES string of the molecule is CC(C)OC(=O)C1C2OC3C=CC(O)C(CC2O)C31. The Kier molecular flexibility index (Phi) is 3.15. The summed E-state index contributed by atoms with van der Waals surface area (Å²) in [4.78, 5) is 12.2. The molecule has 3 aliphatic rings. The first-order valence-electron chi connectivity index (χ1n) is 6.89. The van der Waals surface area contributed by atoms with Crippen molar-refractivity contribution in [3.63, 3.8) is 0 Å². The molecule has 7 unspecified atom stereocenters. The van der Waals surface area contributed by atoms with E-state index in [-0.39, 0.29) is 30.0 Å². The average Bonchev–Trinajstić information content (AvgIpc) is 2.67. The molecule has 0 aromatic carbocycles. The van der Waals surface area contributed by atoms with Crippen LogP contribution in [0.15, 0.2) is 12.2 Å². The van der Waals surface area contributed by atoms with Crippen LogP contribution < -0.4 is 0 Å². The number of aliphatic hydroxyl groups is 2. The number of ether oxygens (including phenoxy) is 2. The Hall–Kier alpha value is -0.910. The second-order valence-corrected chi connectivity index (χ2v) is 6.00. The van der Waals surface area contributed by atoms with Gasteiger partial charge in [0.25, 0.3) is 0 Å². The fourth-order valence-electron chi connectivity index (χ4n) is 3.70. The molecule has 0 aromatic heterocycles. The predicted octanol–water partition coefficient (Wildman–Crippen LogP) is 0.249. The number of carbonyl (C=O) groups is 1. The Morgan fingerprint density at radius 3 is 2.79 bits per heavy atom. The van der Waals surface area contributed by atoms with Crippen LogP contribution in [0.25, 0.3) is 0 Å². The summed E-state index contributed by atoms with van der Waals surface area (Å²) in [6, 6.07) is 0. The van der Waals surface area contributed by atoms with Crippen molar-refractivity contribution in [1.29, 1.82) is 0 Å². The van der Waals surface area contributed by atoms with Crippen molar-refractivity contribution in [1.82, 2.24) is 0 Å². The zero-order chi connectivity index (χ0) is 13.7. The van der Waals surface area contributed by atoms with E-state index >= 15 is 0 Å². The van der Waals surface area contributed by atoms with Gasteiger partial charge in [-0.15, -0.1) is 0 Å². The van der Waals surface area contributed by atoms with Crippen LogP contribution >= 0.6 is 0 Å². The van der Waals surface area contributed by atoms with Crippen molar-refractivity contribution in [2.75, 3.05) is 0 Å². The lowest BCUT2D eigenvalue weighted by Crippen LogP contribution is -2.50. The molecule has 1 aliphatic heterocycles. The minimum atomic E-state index is -0.717. The molecule has 0 amide bonds. The molecule has 2 N–H and O–H groups in total. The van der Waals surface area contributed by atoms with Gasteiger partial charge >= 0.3 is 5.97 Å². The molecule has 2 aliphatic carbocycles. The smallest absolute Gasteiger partial charge is 0.312 e. The fourth-order valence-corrected chi connectivity index (χ4v) is 3.70. The molecule has 106 valence electrons. The maximum Gasteiger partial charge on any atom is 0.312 e. The van der Waals surface area contributed by atoms with E-state index in [1.807, 2.05) is 0 Å². The van der Waals surface area contributed by atoms with Gasteiger partial charge in [0.05, 0.1) is 36.4 Å². The summed E-state index contributed by atoms with van der Waals surface area (Å²) in [7, 11) is 0. The molecule has 1 saturated carbocycles. The van der Waals surface area contributed by atoms with E-state index in [1.54, 1.807) is 26.0 Å². The Morgan fingerprint density at radius 1 is 1.37 bits per heavy atom. The molecule has 1 saturated heterocycles. The second-order valence-electron chi connectivity index (χ2n) is 6.00. The van der Waals surface area contributed by atoms with Gasteiger partial charge in [0.1, 0.15) is 0 Å². The van der Waals surface area contributed by atoms with E-state index in [0.29, 0.717) is 6.42 Å². The number of rotatable bonds is 2. The van der Waals surface area contributed by atoms with Crippen LogP contribution in [0.5, 0.6) is 0 Å². The van der Waals surface area contributed by atoms with Crippen molar-refractivity contribution < 1.29 is 24.5 Å². The van der Waals surface area contributed by atoms with Crippen molar-refractivity contribution in [3.05, 3.63) is 12.2 Å². The molecular formula is C14H20O5. The fraction of sp³-hybridized carbons (Fsp3) is 0.786. The van der Waals surface area contributed by atoms with Gasteiger partial charge in [0, 0.05) is 5.92 Å². The zero-order valence-corrected chi connectivity index (χ0v) is 11.1. The first kappa shape index (κ1) is 13.1. The largest absolute Gasteiger partial charge is 0.463 e. The van der Waals surface area contributed by atoms with Gasteiger partial charge in [-0.3, -0.25) is 4.79 Å². The Balaban J connectivity index is 1.90. The standard InChI is InChI=1S/C14H20O5/c1-6(2)18-14(17)12-11-7-5-9(16)13(12)19-10(11)4-3-8(7)15/h3-4,6-13,15-16H,5H2,1-2H3. The van der Waals surface area contributed by atoms with E-state index in [9.17, 15) is 15.0 Å². The number of hydrogen-bond acceptors (Lipinski definition) is 5. The Morgan fingerprint density at radius 2 is 2.11 bits per heavy atom. The molecule has 2 bridgehead atoms. The molecule has 7 atom stereocenters. The molecule has 3 rings (SSSR count). The second kappa shape index (κ2) is 4.58. The third-order valence-electron chi connectivity index (χ3n) is 4.41. The van der Waals surface area contributed by atoms with Gasteiger partial charge < -0.3 is 19.7 Å². The molecule has 5 heteroatoms. The molecule has 5 nitrogen and oxygen atoms in total. The minimum Gasteiger partial charge on any atom is -0.463 e. The summed E-state index contributed by atoms with van der Waals surface area (Å²) in [5, 5.41) is 20.2. The molecule has 2 fully saturated rings. The van der Waals surface area contributed by atoms with Gasteiger partial charge in [-0.2, -0.15) is 0 Å². The van der Waals surface area contributed by atoms with Crippen molar-refractivity contribution in [2.24, 2.45) is 17.8 Å². The van der Waals surface area contributed by atoms with Gasteiger partial charge in [0.2, 0.25) is 0 Å². The maximum absolute atomic E-state index is 12.2. The zero-order valence-electron chi connectivity index (χ0n) is 11.1. The first-order chi connectivity index (χ1) is 8.99. The average molecular weight is 268 g/mol. The highest BCUT2D eigenvalue weighted by Crippen LogP contribution is 2.50. The van der Waals surface area contributed by atoms with Crippen LogP contribution in [0, 0.1) is 17.8 Å². The van der Waals surface area contributed by atoms with Crippen molar-refractivity contribution in [2.45, 2.75) is 50.8 Å². The van der Waals surface area contributed by atoms with E-state index in [4.69, 9.17) is 9.47 Å². The third kappa shape index (κ3) is 2.00. The Labute approximate surface area is 112 Å². The van der Waals surface area contributed by atoms with E-state index < -0.39 is 24.2 Å². The summed E-state index contributed by atoms with van der Waals surface area (Å²) >= 11 is 0. The van der Waals surface area contributed by atoms with Gasteiger partial charge in [-0.05, 0) is 26.2 Å². The van der Waals surface area contributed by atoms with Gasteiger partial charge in [-0.1, -0.05) is 12.2 Å². The third-order valence-corrected chi connectivity index (χ3v) is 4.41. The topological polar surface area (TPSA) is 76.0 Å². The van der Waals surface area contributed by atoms with E-state index in [0.717, 1.165) is 0 Å². The van der Waals surface area contributed by atoms with Gasteiger partial charge in [-0.25, -0.2) is 0 Å². The Bertz CT molecular complexity index is 405. The van der Waals surface area contributed by atoms with Crippen LogP contribution in [-0.4, -0.2) is 46.7 Å². The van der Waals surface area contributed by atoms with Crippen LogP contribution in [-0.2, 0) is 14.3 Å². The van der Waals surface area contributed by atoms with E-state index in [1.165, 1.54) is 0 Å². The molecule has 0 aromatic rings. The van der Waals surface area contributed by atoms with E-state index in [2.05, 4.69) is 0 Å². The number of esters is 1. The summed E-state index contributed by atoms with van der Waals surface area (Å²) in [5.74, 6) is -1.01. The predicted molar refractivity (Wildman–Crippen MR) is 66.1 cm³/mol. The number of aliphatic hydroxyl groups excluding tert-OH is 2. The highest BCUT2D eigenvalue weighted by Gasteiger charge is 2.59. The van der Waals surface area contributed by atoms with Crippen LogP contribution in [0.3, 0.4) is 0 Å². The molecule has 19 heavy (non-hydrogen) atoms. The lowest BCUT2D eigenvalue weighted by Gasteiger charge is -2.40. The number of fused-ring (bicyclic) bond motifs is 1. The molecule has 1 heterocycles. The van der Waals surface area contributed by atoms with Crippen LogP contribution in [0.2, 0.25) is 0 Å². The lowest BCUT2D eigenvalue weighted by molar-refractivity contribution is -0.162. The number of carbonyl (C=O) groups excluding carboxylic acids is 1. The first-order valence-corrected chi connectivity index (χ1v) is 6.89. The van der Waals surface area contributed by atoms with Crippen LogP contribution in [0.4, 0.5) is 0 Å². The quantitative estimate of drug-likeness (QED) is 0.554. The lowest BCUT2D eigenvalue weighted by atomic mass is 9.65. The van der Waals surface area contributed by atoms with Gasteiger partial charge in [0.15, 0.2) is 0 Å². The van der Waals surface area contributed by atoms with Crippen LogP contribution in [0.1, 0.15) is 20.3 Å². The summed E-state index contributed by atoms with van der Waals surface area (Å²) in [6.45, 7) is 3.60. The monoisotopic (exact) mass is 268 g/mol. The molecule has 0 radical (unpaired) electrons. The number of hydrogen-bond donors (Lipinski definition) is 2. The maximum atomic E-state index is 12.2. The minimum absolute atomic E-state index is 0.0837. The van der Waals surface area contributed by atoms with Crippen molar-refractivity contribution >= 4 is 5.97 Å². The molecular weight excluding hydrogens is 248 g/mol. The highest BCUT2D eigenvalue weighted by molar-refractivity contribution is 5.75.